The Kier molecular flexibility index (Phi) is 7.96. The number of hydrazone groups is 1. The Morgan fingerprint density at radius 1 is 1.15 bits per heavy atom. The third-order valence-electron chi connectivity index (χ3n) is 4.67. The molecule has 0 saturated heterocycles. The average molecular weight is 534 g/mol. The Hall–Kier alpha value is -3.08. The first-order valence-corrected chi connectivity index (χ1v) is 12.0. The molecule has 10 heteroatoms. The SMILES string of the molecule is Cc1ccc(S(=O)(=O)N(CC(=O)N/N=C\c2cc(Br)ccc2O)Cc2ccccc2F)cc1. The Balaban J connectivity index is 1.82. The second-order valence-corrected chi connectivity index (χ2v) is 10.0. The highest BCUT2D eigenvalue weighted by atomic mass is 79.9. The van der Waals surface area contributed by atoms with E-state index >= 15 is 0 Å². The molecule has 0 bridgehead atoms. The van der Waals surface area contributed by atoms with Crippen molar-refractivity contribution >= 4 is 38.1 Å². The first-order chi connectivity index (χ1) is 15.7. The predicted octanol–water partition coefficient (Wildman–Crippen LogP) is 3.94. The lowest BCUT2D eigenvalue weighted by atomic mass is 10.2. The molecule has 0 aliphatic carbocycles. The lowest BCUT2D eigenvalue weighted by molar-refractivity contribution is -0.121. The Morgan fingerprint density at radius 2 is 1.85 bits per heavy atom. The summed E-state index contributed by atoms with van der Waals surface area (Å²) in [6, 6.07) is 16.6. The number of aryl methyl sites for hydroxylation is 1. The van der Waals surface area contributed by atoms with Gasteiger partial charge >= 0.3 is 0 Å². The first kappa shape index (κ1) is 24.6. The van der Waals surface area contributed by atoms with E-state index in [1.165, 1.54) is 42.6 Å². The maximum absolute atomic E-state index is 14.2. The summed E-state index contributed by atoms with van der Waals surface area (Å²) < 4.78 is 42.2. The van der Waals surface area contributed by atoms with Crippen LogP contribution in [0.2, 0.25) is 0 Å². The van der Waals surface area contributed by atoms with E-state index in [0.29, 0.717) is 10.0 Å². The molecular weight excluding hydrogens is 513 g/mol. The van der Waals surface area contributed by atoms with Crippen molar-refractivity contribution in [2.24, 2.45) is 5.10 Å². The Morgan fingerprint density at radius 3 is 2.55 bits per heavy atom. The molecule has 0 aliphatic rings. The molecule has 0 aromatic heterocycles. The van der Waals surface area contributed by atoms with Crippen LogP contribution in [-0.4, -0.2) is 36.5 Å². The molecule has 33 heavy (non-hydrogen) atoms. The van der Waals surface area contributed by atoms with Gasteiger partial charge in [0.1, 0.15) is 11.6 Å². The Labute approximate surface area is 199 Å². The predicted molar refractivity (Wildman–Crippen MR) is 127 cm³/mol. The fourth-order valence-corrected chi connectivity index (χ4v) is 4.65. The van der Waals surface area contributed by atoms with E-state index in [9.17, 15) is 22.7 Å². The van der Waals surface area contributed by atoms with E-state index in [-0.39, 0.29) is 22.8 Å². The van der Waals surface area contributed by atoms with Crippen LogP contribution in [0.25, 0.3) is 0 Å². The van der Waals surface area contributed by atoms with Crippen LogP contribution >= 0.6 is 15.9 Å². The van der Waals surface area contributed by atoms with Crippen LogP contribution < -0.4 is 5.43 Å². The van der Waals surface area contributed by atoms with E-state index in [4.69, 9.17) is 0 Å². The van der Waals surface area contributed by atoms with Crippen molar-refractivity contribution in [2.45, 2.75) is 18.4 Å². The van der Waals surface area contributed by atoms with Crippen LogP contribution in [0.3, 0.4) is 0 Å². The highest BCUT2D eigenvalue weighted by Gasteiger charge is 2.27. The van der Waals surface area contributed by atoms with E-state index in [2.05, 4.69) is 26.5 Å². The van der Waals surface area contributed by atoms with Crippen LogP contribution in [0, 0.1) is 12.7 Å². The second kappa shape index (κ2) is 10.7. The fraction of sp³-hybridized carbons (Fsp3) is 0.130. The molecule has 0 heterocycles. The van der Waals surface area contributed by atoms with Gasteiger partial charge in [-0.3, -0.25) is 4.79 Å². The molecule has 3 aromatic carbocycles. The molecule has 1 amide bonds. The number of carbonyl (C=O) groups excluding carboxylic acids is 1. The van der Waals surface area contributed by atoms with Gasteiger partial charge in [-0.25, -0.2) is 18.2 Å². The summed E-state index contributed by atoms with van der Waals surface area (Å²) >= 11 is 3.27. The molecule has 0 aliphatic heterocycles. The van der Waals surface area contributed by atoms with Crippen molar-refractivity contribution in [3.05, 3.63) is 93.7 Å². The third-order valence-corrected chi connectivity index (χ3v) is 6.96. The topological polar surface area (TPSA) is 99.1 Å². The van der Waals surface area contributed by atoms with E-state index in [1.54, 1.807) is 30.3 Å². The number of phenols is 1. The highest BCUT2D eigenvalue weighted by molar-refractivity contribution is 9.10. The van der Waals surface area contributed by atoms with Gasteiger partial charge in [0.05, 0.1) is 17.7 Å². The molecule has 0 unspecified atom stereocenters. The van der Waals surface area contributed by atoms with Gasteiger partial charge in [-0.1, -0.05) is 51.8 Å². The number of rotatable bonds is 8. The minimum Gasteiger partial charge on any atom is -0.507 e. The largest absolute Gasteiger partial charge is 0.507 e. The number of benzene rings is 3. The van der Waals surface area contributed by atoms with Gasteiger partial charge in [0, 0.05) is 22.1 Å². The molecule has 0 atom stereocenters. The minimum atomic E-state index is -4.11. The highest BCUT2D eigenvalue weighted by Crippen LogP contribution is 2.21. The van der Waals surface area contributed by atoms with Gasteiger partial charge in [-0.2, -0.15) is 9.41 Å². The smallest absolute Gasteiger partial charge is 0.255 e. The standard InChI is InChI=1S/C23H21BrFN3O4S/c1-16-6-9-20(10-7-16)33(31,32)28(14-17-4-2-3-5-21(17)25)15-23(30)27-26-13-18-12-19(24)8-11-22(18)29/h2-13,29H,14-15H2,1H3,(H,27,30)/b26-13-. The van der Waals surface area contributed by atoms with Crippen LogP contribution in [0.15, 0.2) is 81.2 Å². The van der Waals surface area contributed by atoms with Gasteiger partial charge in [-0.15, -0.1) is 0 Å². The van der Waals surface area contributed by atoms with Crippen LogP contribution in [-0.2, 0) is 21.4 Å². The summed E-state index contributed by atoms with van der Waals surface area (Å²) in [7, 11) is -4.11. The van der Waals surface area contributed by atoms with Crippen molar-refractivity contribution in [2.75, 3.05) is 6.54 Å². The van der Waals surface area contributed by atoms with Crippen LogP contribution in [0.4, 0.5) is 4.39 Å². The molecule has 3 aromatic rings. The van der Waals surface area contributed by atoms with Crippen molar-refractivity contribution in [3.8, 4) is 5.75 Å². The van der Waals surface area contributed by atoms with Crippen molar-refractivity contribution in [3.63, 3.8) is 0 Å². The zero-order chi connectivity index (χ0) is 24.0. The molecule has 7 nitrogen and oxygen atoms in total. The molecular formula is C23H21BrFN3O4S. The summed E-state index contributed by atoms with van der Waals surface area (Å²) in [5.74, 6) is -1.35. The normalized spacial score (nSPS) is 11.8. The summed E-state index contributed by atoms with van der Waals surface area (Å²) in [4.78, 5) is 12.5. The van der Waals surface area contributed by atoms with Crippen molar-refractivity contribution in [1.82, 2.24) is 9.73 Å². The third kappa shape index (κ3) is 6.47. The van der Waals surface area contributed by atoms with E-state index in [1.807, 2.05) is 6.92 Å². The number of aromatic hydroxyl groups is 1. The van der Waals surface area contributed by atoms with Gasteiger partial charge in [0.15, 0.2) is 0 Å². The summed E-state index contributed by atoms with van der Waals surface area (Å²) in [6.07, 6.45) is 1.23. The number of hydrogen-bond acceptors (Lipinski definition) is 5. The van der Waals surface area contributed by atoms with Gasteiger partial charge in [0.2, 0.25) is 10.0 Å². The average Bonchev–Trinajstić information content (AvgIpc) is 2.77. The van der Waals surface area contributed by atoms with Crippen molar-refractivity contribution < 1.29 is 22.7 Å². The summed E-state index contributed by atoms with van der Waals surface area (Å²) in [5.41, 5.74) is 3.59. The maximum atomic E-state index is 14.2. The van der Waals surface area contributed by atoms with E-state index in [0.717, 1.165) is 9.87 Å². The number of sulfonamides is 1. The number of nitrogens with zero attached hydrogens (tertiary/aromatic N) is 2. The van der Waals surface area contributed by atoms with E-state index < -0.39 is 28.3 Å². The number of hydrogen-bond donors (Lipinski definition) is 2. The summed E-state index contributed by atoms with van der Waals surface area (Å²) in [5, 5.41) is 13.6. The number of carbonyl (C=O) groups is 1. The maximum Gasteiger partial charge on any atom is 0.255 e. The zero-order valence-electron chi connectivity index (χ0n) is 17.6. The van der Waals surface area contributed by atoms with Gasteiger partial charge < -0.3 is 5.11 Å². The molecule has 0 saturated carbocycles. The second-order valence-electron chi connectivity index (χ2n) is 7.17. The number of phenolic OH excluding ortho intramolecular Hbond substituents is 1. The molecule has 2 N–H and O–H groups in total. The molecule has 0 radical (unpaired) electrons. The fourth-order valence-electron chi connectivity index (χ4n) is 2.90. The zero-order valence-corrected chi connectivity index (χ0v) is 20.0. The molecule has 172 valence electrons. The lowest BCUT2D eigenvalue weighted by Crippen LogP contribution is -2.39. The Bertz CT molecular complexity index is 1280. The quantitative estimate of drug-likeness (QED) is 0.338. The molecule has 0 spiro atoms. The molecule has 3 rings (SSSR count). The van der Waals surface area contributed by atoms with Crippen LogP contribution in [0.1, 0.15) is 16.7 Å². The number of nitrogens with one attached hydrogen (secondary N) is 1. The monoisotopic (exact) mass is 533 g/mol. The molecule has 0 fully saturated rings. The van der Waals surface area contributed by atoms with Gasteiger partial charge in [0.25, 0.3) is 5.91 Å². The lowest BCUT2D eigenvalue weighted by Gasteiger charge is -2.22. The summed E-state index contributed by atoms with van der Waals surface area (Å²) in [6.45, 7) is 0.890. The first-order valence-electron chi connectivity index (χ1n) is 9.77. The van der Waals surface area contributed by atoms with Gasteiger partial charge in [-0.05, 0) is 43.3 Å². The number of halogens is 2. The number of amides is 1. The van der Waals surface area contributed by atoms with Crippen LogP contribution in [0.5, 0.6) is 5.75 Å². The van der Waals surface area contributed by atoms with Crippen molar-refractivity contribution in [1.29, 1.82) is 0 Å². The minimum absolute atomic E-state index is 0.0141.